The fourth-order valence-corrected chi connectivity index (χ4v) is 8.24. The Morgan fingerprint density at radius 3 is 2.59 bits per heavy atom. The number of esters is 1. The van der Waals surface area contributed by atoms with Gasteiger partial charge < -0.3 is 19.3 Å². The van der Waals surface area contributed by atoms with Crippen LogP contribution in [-0.4, -0.2) is 59.1 Å². The van der Waals surface area contributed by atoms with E-state index in [1.165, 1.54) is 13.2 Å². The van der Waals surface area contributed by atoms with Gasteiger partial charge in [-0.3, -0.25) is 14.4 Å². The van der Waals surface area contributed by atoms with Crippen LogP contribution in [0.4, 0.5) is 4.79 Å². The van der Waals surface area contributed by atoms with E-state index in [0.717, 1.165) is 12.0 Å². The second-order valence-electron chi connectivity index (χ2n) is 11.4. The number of hydrogen-bond acceptors (Lipinski definition) is 8. The summed E-state index contributed by atoms with van der Waals surface area (Å²) in [5.41, 5.74) is -2.44. The zero-order chi connectivity index (χ0) is 27.2. The normalized spacial score (nSPS) is 40.1. The largest absolute Gasteiger partial charge is 0.509 e. The summed E-state index contributed by atoms with van der Waals surface area (Å²) in [5, 5.41) is 11.7. The van der Waals surface area contributed by atoms with Gasteiger partial charge in [0.05, 0.1) is 18.1 Å². The van der Waals surface area contributed by atoms with Crippen LogP contribution in [-0.2, 0) is 28.6 Å². The molecule has 1 unspecified atom stereocenters. The SMILES string of the molecule is CCCCC(=O)OCC(=O)[C@@]1(OC(=O)OC)CC[C@H]2[C@@H]3CCC4=CC(=O)C=C[C@]4(C)[C@@]3(Cl)C(O)C[C@@]21C. The number of aliphatic hydroxyl groups excluding tert-OH is 1. The molecule has 8 nitrogen and oxygen atoms in total. The third-order valence-electron chi connectivity index (χ3n) is 9.73. The number of unbranched alkanes of at least 4 members (excludes halogenated alkanes) is 1. The smallest absolute Gasteiger partial charge is 0.457 e. The Kier molecular flexibility index (Phi) is 7.40. The lowest BCUT2D eigenvalue weighted by molar-refractivity contribution is -0.181. The molecule has 4 aliphatic rings. The molecular weight excluding hydrogens is 500 g/mol. The molecule has 9 heteroatoms. The van der Waals surface area contributed by atoms with Crippen molar-refractivity contribution >= 4 is 35.3 Å². The van der Waals surface area contributed by atoms with Crippen LogP contribution in [0.15, 0.2) is 23.8 Å². The average molecular weight is 537 g/mol. The van der Waals surface area contributed by atoms with Crippen molar-refractivity contribution in [2.75, 3.05) is 13.7 Å². The highest BCUT2D eigenvalue weighted by Crippen LogP contribution is 2.71. The molecule has 0 bridgehead atoms. The van der Waals surface area contributed by atoms with Gasteiger partial charge in [-0.05, 0) is 62.5 Å². The van der Waals surface area contributed by atoms with Crippen LogP contribution in [0.25, 0.3) is 0 Å². The summed E-state index contributed by atoms with van der Waals surface area (Å²) in [5.74, 6) is -1.47. The Bertz CT molecular complexity index is 1050. The zero-order valence-electron chi connectivity index (χ0n) is 22.0. The maximum absolute atomic E-state index is 13.7. The molecule has 4 aliphatic carbocycles. The fourth-order valence-electron chi connectivity index (χ4n) is 7.72. The number of ketones is 2. The zero-order valence-corrected chi connectivity index (χ0v) is 22.8. The minimum atomic E-state index is -1.63. The van der Waals surface area contributed by atoms with Crippen LogP contribution in [0.2, 0.25) is 0 Å². The van der Waals surface area contributed by atoms with Crippen LogP contribution < -0.4 is 0 Å². The van der Waals surface area contributed by atoms with Gasteiger partial charge in [0.15, 0.2) is 18.0 Å². The monoisotopic (exact) mass is 536 g/mol. The van der Waals surface area contributed by atoms with Gasteiger partial charge in [0.25, 0.3) is 0 Å². The minimum Gasteiger partial charge on any atom is -0.457 e. The molecule has 3 saturated carbocycles. The van der Waals surface area contributed by atoms with E-state index >= 15 is 0 Å². The first-order valence-electron chi connectivity index (χ1n) is 13.2. The lowest BCUT2D eigenvalue weighted by Crippen LogP contribution is -2.69. The van der Waals surface area contributed by atoms with E-state index in [1.54, 1.807) is 6.08 Å². The van der Waals surface area contributed by atoms with Crippen LogP contribution >= 0.6 is 11.6 Å². The molecule has 37 heavy (non-hydrogen) atoms. The highest BCUT2D eigenvalue weighted by atomic mass is 35.5. The number of ether oxygens (including phenoxy) is 3. The number of Topliss-reactive ketones (excluding diaryl/α,β-unsaturated/α-hetero) is 1. The molecule has 0 heterocycles. The third-order valence-corrected chi connectivity index (χ3v) is 10.7. The van der Waals surface area contributed by atoms with Gasteiger partial charge in [-0.25, -0.2) is 4.79 Å². The van der Waals surface area contributed by atoms with Gasteiger partial charge in [0, 0.05) is 17.3 Å². The van der Waals surface area contributed by atoms with E-state index in [-0.39, 0.29) is 36.9 Å². The molecule has 7 atom stereocenters. The van der Waals surface area contributed by atoms with Gasteiger partial charge in [0.1, 0.15) is 0 Å². The lowest BCUT2D eigenvalue weighted by Gasteiger charge is -2.63. The van der Waals surface area contributed by atoms with E-state index in [1.807, 2.05) is 26.8 Å². The maximum Gasteiger partial charge on any atom is 0.509 e. The Balaban J connectivity index is 1.70. The summed E-state index contributed by atoms with van der Waals surface area (Å²) >= 11 is 7.44. The molecule has 0 amide bonds. The van der Waals surface area contributed by atoms with E-state index in [4.69, 9.17) is 25.8 Å². The van der Waals surface area contributed by atoms with Gasteiger partial charge in [-0.1, -0.05) is 38.8 Å². The number of aliphatic hydroxyl groups is 1. The third kappa shape index (κ3) is 4.06. The van der Waals surface area contributed by atoms with Crippen molar-refractivity contribution in [3.63, 3.8) is 0 Å². The first-order chi connectivity index (χ1) is 17.4. The molecule has 0 saturated heterocycles. The van der Waals surface area contributed by atoms with Gasteiger partial charge in [-0.2, -0.15) is 0 Å². The molecule has 4 rings (SSSR count). The topological polar surface area (TPSA) is 116 Å². The number of carbonyl (C=O) groups excluding carboxylic acids is 4. The van der Waals surface area contributed by atoms with E-state index in [2.05, 4.69) is 0 Å². The summed E-state index contributed by atoms with van der Waals surface area (Å²) in [6, 6.07) is 0. The van der Waals surface area contributed by atoms with Crippen molar-refractivity contribution in [3.05, 3.63) is 23.8 Å². The number of fused-ring (bicyclic) bond motifs is 5. The van der Waals surface area contributed by atoms with Crippen molar-refractivity contribution in [1.29, 1.82) is 0 Å². The van der Waals surface area contributed by atoms with Crippen LogP contribution in [0.5, 0.6) is 0 Å². The number of alkyl halides is 1. The van der Waals surface area contributed by atoms with Gasteiger partial charge >= 0.3 is 12.1 Å². The van der Waals surface area contributed by atoms with Crippen molar-refractivity contribution in [1.82, 2.24) is 0 Å². The number of halogens is 1. The number of hydrogen-bond donors (Lipinski definition) is 1. The first-order valence-corrected chi connectivity index (χ1v) is 13.5. The molecule has 0 aromatic heterocycles. The second kappa shape index (κ2) is 9.84. The molecule has 204 valence electrons. The Morgan fingerprint density at radius 1 is 1.19 bits per heavy atom. The maximum atomic E-state index is 13.7. The second-order valence-corrected chi connectivity index (χ2v) is 12.0. The van der Waals surface area contributed by atoms with Crippen LogP contribution in [0.1, 0.15) is 72.1 Å². The summed E-state index contributed by atoms with van der Waals surface area (Å²) in [4.78, 5) is 49.3. The summed E-state index contributed by atoms with van der Waals surface area (Å²) < 4.78 is 15.8. The predicted octanol–water partition coefficient (Wildman–Crippen LogP) is 4.45. The Labute approximate surface area is 222 Å². The molecular formula is C28H37ClO8. The van der Waals surface area contributed by atoms with Crippen LogP contribution in [0.3, 0.4) is 0 Å². The molecule has 3 fully saturated rings. The Hall–Kier alpha value is -2.19. The number of carbonyl (C=O) groups is 4. The fraction of sp³-hybridized carbons (Fsp3) is 0.714. The van der Waals surface area contributed by atoms with Crippen molar-refractivity contribution in [2.45, 2.75) is 88.7 Å². The summed E-state index contributed by atoms with van der Waals surface area (Å²) in [7, 11) is 1.17. The standard InChI is InChI=1S/C28H37ClO8/c1-5-6-7-23(33)36-16-22(32)27(37-24(34)35-4)13-11-19-20-9-8-17-14-18(30)10-12-25(17,2)28(20,29)21(31)15-26(19,27)3/h10,12,14,19-21,31H,5-9,11,13,15-16H2,1-4H3/t19-,20-,21?,25-,26-,27-,28-/m0/s1. The van der Waals surface area contributed by atoms with Crippen molar-refractivity contribution < 1.29 is 38.5 Å². The number of methoxy groups -OCH3 is 1. The highest BCUT2D eigenvalue weighted by molar-refractivity contribution is 6.26. The first kappa shape index (κ1) is 27.8. The van der Waals surface area contributed by atoms with Crippen molar-refractivity contribution in [2.24, 2.45) is 22.7 Å². The van der Waals surface area contributed by atoms with Gasteiger partial charge in [-0.15, -0.1) is 11.6 Å². The van der Waals surface area contributed by atoms with Crippen molar-refractivity contribution in [3.8, 4) is 0 Å². The highest BCUT2D eigenvalue weighted by Gasteiger charge is 2.74. The number of rotatable bonds is 7. The molecule has 0 aliphatic heterocycles. The molecule has 0 spiro atoms. The molecule has 0 aromatic carbocycles. The average Bonchev–Trinajstić information content (AvgIpc) is 3.14. The van der Waals surface area contributed by atoms with Gasteiger partial charge in [0.2, 0.25) is 5.78 Å². The van der Waals surface area contributed by atoms with Crippen LogP contribution in [0, 0.1) is 22.7 Å². The minimum absolute atomic E-state index is 0.0910. The molecule has 1 N–H and O–H groups in total. The van der Waals surface area contributed by atoms with E-state index < -0.39 is 51.9 Å². The quantitative estimate of drug-likeness (QED) is 0.374. The predicted molar refractivity (Wildman–Crippen MR) is 135 cm³/mol. The summed E-state index contributed by atoms with van der Waals surface area (Å²) in [6.07, 6.45) is 6.64. The summed E-state index contributed by atoms with van der Waals surface area (Å²) in [6.45, 7) is 5.25. The van der Waals surface area contributed by atoms with E-state index in [9.17, 15) is 24.3 Å². The Morgan fingerprint density at radius 2 is 1.92 bits per heavy atom. The lowest BCUT2D eigenvalue weighted by atomic mass is 9.45. The number of allylic oxidation sites excluding steroid dienone is 4. The molecule has 0 radical (unpaired) electrons. The molecule has 0 aromatic rings. The van der Waals surface area contributed by atoms with E-state index in [0.29, 0.717) is 25.7 Å².